The van der Waals surface area contributed by atoms with Gasteiger partial charge in [-0.2, -0.15) is 0 Å². The van der Waals surface area contributed by atoms with Crippen LogP contribution in [0.25, 0.3) is 0 Å². The number of hydrogen-bond donors (Lipinski definition) is 2. The van der Waals surface area contributed by atoms with E-state index in [1.54, 1.807) is 0 Å². The number of carbonyl (C=O) groups excluding carboxylic acids is 1. The Morgan fingerprint density at radius 3 is 2.89 bits per heavy atom. The Kier molecular flexibility index (Phi) is 4.37. The second-order valence-corrected chi connectivity index (χ2v) is 5.18. The molecule has 0 bridgehead atoms. The van der Waals surface area contributed by atoms with Crippen LogP contribution in [0.3, 0.4) is 0 Å². The number of aliphatic hydroxyl groups is 1. The lowest BCUT2D eigenvalue weighted by Crippen LogP contribution is -2.43. The maximum atomic E-state index is 12.1. The van der Waals surface area contributed by atoms with Gasteiger partial charge in [-0.1, -0.05) is 30.5 Å². The lowest BCUT2D eigenvalue weighted by molar-refractivity contribution is 0.0872. The summed E-state index contributed by atoms with van der Waals surface area (Å²) in [4.78, 5) is 12.1. The molecule has 1 aromatic rings. The number of aryl methyl sites for hydroxylation is 1. The molecule has 3 heteroatoms. The Labute approximate surface area is 108 Å². The van der Waals surface area contributed by atoms with Crippen molar-refractivity contribution in [2.75, 3.05) is 6.61 Å². The SMILES string of the molecule is Cc1cccc(C(=O)NC2CCCCC2CO)c1. The predicted octanol–water partition coefficient (Wildman–Crippen LogP) is 2.28. The van der Waals surface area contributed by atoms with Gasteiger partial charge >= 0.3 is 0 Å². The second-order valence-electron chi connectivity index (χ2n) is 5.18. The van der Waals surface area contributed by atoms with Crippen molar-refractivity contribution in [3.8, 4) is 0 Å². The summed E-state index contributed by atoms with van der Waals surface area (Å²) in [6, 6.07) is 7.73. The molecule has 98 valence electrons. The van der Waals surface area contributed by atoms with Crippen LogP contribution in [0.1, 0.15) is 41.6 Å². The molecule has 2 unspecified atom stereocenters. The molecule has 1 fully saturated rings. The summed E-state index contributed by atoms with van der Waals surface area (Å²) in [5, 5.41) is 12.4. The van der Waals surface area contributed by atoms with Crippen LogP contribution >= 0.6 is 0 Å². The first-order valence-corrected chi connectivity index (χ1v) is 6.69. The molecule has 0 heterocycles. The van der Waals surface area contributed by atoms with Crippen LogP contribution in [0.5, 0.6) is 0 Å². The number of amides is 1. The van der Waals surface area contributed by atoms with E-state index < -0.39 is 0 Å². The molecule has 1 aromatic carbocycles. The number of hydrogen-bond acceptors (Lipinski definition) is 2. The highest BCUT2D eigenvalue weighted by molar-refractivity contribution is 5.94. The van der Waals surface area contributed by atoms with Crippen molar-refractivity contribution in [2.45, 2.75) is 38.6 Å². The molecule has 3 nitrogen and oxygen atoms in total. The third kappa shape index (κ3) is 3.10. The second kappa shape index (κ2) is 6.01. The van der Waals surface area contributed by atoms with E-state index in [2.05, 4.69) is 5.32 Å². The Morgan fingerprint density at radius 1 is 1.39 bits per heavy atom. The first-order valence-electron chi connectivity index (χ1n) is 6.69. The van der Waals surface area contributed by atoms with Crippen molar-refractivity contribution in [2.24, 2.45) is 5.92 Å². The van der Waals surface area contributed by atoms with Gasteiger partial charge < -0.3 is 10.4 Å². The predicted molar refractivity (Wildman–Crippen MR) is 71.5 cm³/mol. The highest BCUT2D eigenvalue weighted by Crippen LogP contribution is 2.24. The minimum Gasteiger partial charge on any atom is -0.396 e. The summed E-state index contributed by atoms with van der Waals surface area (Å²) < 4.78 is 0. The zero-order chi connectivity index (χ0) is 13.0. The van der Waals surface area contributed by atoms with Crippen molar-refractivity contribution in [1.82, 2.24) is 5.32 Å². The molecule has 0 aliphatic heterocycles. The van der Waals surface area contributed by atoms with E-state index in [0.29, 0.717) is 5.56 Å². The van der Waals surface area contributed by atoms with Gasteiger partial charge in [0.05, 0.1) is 0 Å². The van der Waals surface area contributed by atoms with E-state index in [4.69, 9.17) is 0 Å². The van der Waals surface area contributed by atoms with Gasteiger partial charge in [-0.3, -0.25) is 4.79 Å². The zero-order valence-electron chi connectivity index (χ0n) is 10.9. The van der Waals surface area contributed by atoms with Gasteiger partial charge in [0, 0.05) is 24.1 Å². The van der Waals surface area contributed by atoms with Gasteiger partial charge in [0.15, 0.2) is 0 Å². The fourth-order valence-corrected chi connectivity index (χ4v) is 2.65. The van der Waals surface area contributed by atoms with E-state index in [9.17, 15) is 9.90 Å². The molecule has 1 aliphatic carbocycles. The van der Waals surface area contributed by atoms with Crippen molar-refractivity contribution >= 4 is 5.91 Å². The molecule has 0 saturated heterocycles. The molecule has 0 aromatic heterocycles. The molecule has 0 radical (unpaired) electrons. The minimum absolute atomic E-state index is 0.0240. The molecule has 2 N–H and O–H groups in total. The monoisotopic (exact) mass is 247 g/mol. The summed E-state index contributed by atoms with van der Waals surface area (Å²) in [5.74, 6) is 0.191. The normalized spacial score (nSPS) is 23.7. The Hall–Kier alpha value is -1.35. The molecule has 2 atom stereocenters. The minimum atomic E-state index is -0.0240. The third-order valence-electron chi connectivity index (χ3n) is 3.74. The molecular formula is C15H21NO2. The van der Waals surface area contributed by atoms with Gasteiger partial charge in [-0.15, -0.1) is 0 Å². The van der Waals surface area contributed by atoms with Gasteiger partial charge in [0.1, 0.15) is 0 Å². The third-order valence-corrected chi connectivity index (χ3v) is 3.74. The van der Waals surface area contributed by atoms with Gasteiger partial charge in [0.2, 0.25) is 0 Å². The van der Waals surface area contributed by atoms with Gasteiger partial charge in [-0.25, -0.2) is 0 Å². The molecule has 1 amide bonds. The fraction of sp³-hybridized carbons (Fsp3) is 0.533. The Morgan fingerprint density at radius 2 is 2.17 bits per heavy atom. The van der Waals surface area contributed by atoms with Gasteiger partial charge in [0.25, 0.3) is 5.91 Å². The molecule has 2 rings (SSSR count). The number of nitrogens with one attached hydrogen (secondary N) is 1. The summed E-state index contributed by atoms with van der Waals surface area (Å²) in [6.07, 6.45) is 4.27. The molecule has 0 spiro atoms. The van der Waals surface area contributed by atoms with E-state index in [-0.39, 0.29) is 24.5 Å². The van der Waals surface area contributed by atoms with Crippen molar-refractivity contribution in [3.05, 3.63) is 35.4 Å². The van der Waals surface area contributed by atoms with Crippen LogP contribution < -0.4 is 5.32 Å². The Balaban J connectivity index is 2.02. The first-order chi connectivity index (χ1) is 8.70. The van der Waals surface area contributed by atoms with E-state index in [1.165, 1.54) is 0 Å². The van der Waals surface area contributed by atoms with Crippen LogP contribution in [0, 0.1) is 12.8 Å². The Bertz CT molecular complexity index is 417. The van der Waals surface area contributed by atoms with Crippen LogP contribution in [0.15, 0.2) is 24.3 Å². The van der Waals surface area contributed by atoms with E-state index >= 15 is 0 Å². The number of carbonyl (C=O) groups is 1. The quantitative estimate of drug-likeness (QED) is 0.861. The fourth-order valence-electron chi connectivity index (χ4n) is 2.65. The lowest BCUT2D eigenvalue weighted by Gasteiger charge is -2.30. The standard InChI is InChI=1S/C15H21NO2/c1-11-5-4-7-12(9-11)15(18)16-14-8-3-2-6-13(14)10-17/h4-5,7,9,13-14,17H,2-3,6,8,10H2,1H3,(H,16,18). The highest BCUT2D eigenvalue weighted by atomic mass is 16.3. The van der Waals surface area contributed by atoms with Gasteiger partial charge in [-0.05, 0) is 31.9 Å². The first kappa shape index (κ1) is 13.1. The summed E-state index contributed by atoms with van der Waals surface area (Å²) in [6.45, 7) is 2.15. The number of rotatable bonds is 3. The van der Waals surface area contributed by atoms with Crippen LogP contribution in [0.4, 0.5) is 0 Å². The highest BCUT2D eigenvalue weighted by Gasteiger charge is 2.26. The molecular weight excluding hydrogens is 226 g/mol. The maximum absolute atomic E-state index is 12.1. The van der Waals surface area contributed by atoms with Crippen LogP contribution in [-0.2, 0) is 0 Å². The van der Waals surface area contributed by atoms with E-state index in [1.807, 2.05) is 31.2 Å². The van der Waals surface area contributed by atoms with E-state index in [0.717, 1.165) is 31.2 Å². The maximum Gasteiger partial charge on any atom is 0.251 e. The number of aliphatic hydroxyl groups excluding tert-OH is 1. The smallest absolute Gasteiger partial charge is 0.251 e. The van der Waals surface area contributed by atoms with Crippen molar-refractivity contribution in [1.29, 1.82) is 0 Å². The topological polar surface area (TPSA) is 49.3 Å². The van der Waals surface area contributed by atoms with Crippen LogP contribution in [-0.4, -0.2) is 23.7 Å². The summed E-state index contributed by atoms with van der Waals surface area (Å²) >= 11 is 0. The summed E-state index contributed by atoms with van der Waals surface area (Å²) in [7, 11) is 0. The number of benzene rings is 1. The van der Waals surface area contributed by atoms with Crippen LogP contribution in [0.2, 0.25) is 0 Å². The van der Waals surface area contributed by atoms with Crippen molar-refractivity contribution < 1.29 is 9.90 Å². The van der Waals surface area contributed by atoms with Crippen molar-refractivity contribution in [3.63, 3.8) is 0 Å². The average Bonchev–Trinajstić information content (AvgIpc) is 2.39. The zero-order valence-corrected chi connectivity index (χ0v) is 10.9. The summed E-state index contributed by atoms with van der Waals surface area (Å²) in [5.41, 5.74) is 1.79. The largest absolute Gasteiger partial charge is 0.396 e. The molecule has 18 heavy (non-hydrogen) atoms. The lowest BCUT2D eigenvalue weighted by atomic mass is 9.85. The average molecular weight is 247 g/mol. The molecule has 1 saturated carbocycles. The molecule has 1 aliphatic rings.